The highest BCUT2D eigenvalue weighted by Crippen LogP contribution is 2.16. The summed E-state index contributed by atoms with van der Waals surface area (Å²) in [5, 5.41) is 8.26. The second kappa shape index (κ2) is 30.9. The van der Waals surface area contributed by atoms with Crippen molar-refractivity contribution in [3.8, 4) is 0 Å². The first kappa shape index (κ1) is 31.9. The normalized spacial score (nSPS) is 11.4. The van der Waals surface area contributed by atoms with Gasteiger partial charge >= 0.3 is 0 Å². The molecule has 0 spiro atoms. The summed E-state index contributed by atoms with van der Waals surface area (Å²) >= 11 is 0. The zero-order valence-corrected chi connectivity index (χ0v) is 22.4. The van der Waals surface area contributed by atoms with E-state index < -0.39 is 0 Å². The molecule has 0 aliphatic carbocycles. The molecule has 0 heterocycles. The van der Waals surface area contributed by atoms with Crippen LogP contribution in [0.4, 0.5) is 0 Å². The van der Waals surface area contributed by atoms with Crippen molar-refractivity contribution in [2.24, 2.45) is 0 Å². The van der Waals surface area contributed by atoms with Crippen molar-refractivity contribution < 1.29 is 10.1 Å². The quantitative estimate of drug-likeness (QED) is 0.0691. The highest BCUT2D eigenvalue weighted by molar-refractivity contribution is 4.52. The summed E-state index contributed by atoms with van der Waals surface area (Å²) in [4.78, 5) is 4.10. The molecule has 0 unspecified atom stereocenters. The van der Waals surface area contributed by atoms with Crippen LogP contribution in [0.3, 0.4) is 0 Å². The van der Waals surface area contributed by atoms with Crippen molar-refractivity contribution in [3.63, 3.8) is 0 Å². The predicted octanol–water partition coefficient (Wildman–Crippen LogP) is 11.4. The summed E-state index contributed by atoms with van der Waals surface area (Å²) in [5.41, 5.74) is 0. The van der Waals surface area contributed by atoms with E-state index in [1.807, 2.05) is 0 Å². The Labute approximate surface area is 203 Å². The van der Waals surface area contributed by atoms with E-state index in [0.29, 0.717) is 6.61 Å². The van der Waals surface area contributed by atoms with Crippen LogP contribution in [0.2, 0.25) is 0 Å². The number of unbranched alkanes of at least 4 members (excludes halogenated alkanes) is 27. The number of hydrogen-bond donors (Lipinski definition) is 1. The molecule has 32 heavy (non-hydrogen) atoms. The third kappa shape index (κ3) is 29.9. The fourth-order valence-electron chi connectivity index (χ4n) is 4.84. The molecular formula is C30H62O2. The van der Waals surface area contributed by atoms with Gasteiger partial charge in [-0.2, -0.15) is 0 Å². The maximum Gasteiger partial charge on any atom is 0.0819 e. The van der Waals surface area contributed by atoms with Crippen LogP contribution in [0, 0.1) is 0 Å². The van der Waals surface area contributed by atoms with Gasteiger partial charge in [-0.05, 0) is 6.42 Å². The maximum atomic E-state index is 8.26. The Balaban J connectivity index is 2.98. The van der Waals surface area contributed by atoms with E-state index in [1.165, 1.54) is 173 Å². The molecular weight excluding hydrogens is 392 g/mol. The fraction of sp³-hybridized carbons (Fsp3) is 1.00. The van der Waals surface area contributed by atoms with Gasteiger partial charge in [-0.3, -0.25) is 5.26 Å². The molecule has 2 heteroatoms. The molecule has 0 radical (unpaired) electrons. The molecule has 0 aromatic carbocycles. The van der Waals surface area contributed by atoms with Crippen LogP contribution in [0.5, 0.6) is 0 Å². The van der Waals surface area contributed by atoms with Gasteiger partial charge in [-0.15, -0.1) is 0 Å². The Hall–Kier alpha value is -0.0800. The van der Waals surface area contributed by atoms with Gasteiger partial charge in [0.05, 0.1) is 6.61 Å². The van der Waals surface area contributed by atoms with Gasteiger partial charge in [0, 0.05) is 0 Å². The Bertz CT molecular complexity index is 275. The second-order valence-corrected chi connectivity index (χ2v) is 10.4. The van der Waals surface area contributed by atoms with E-state index >= 15 is 0 Å². The Kier molecular flexibility index (Phi) is 30.8. The van der Waals surface area contributed by atoms with E-state index in [1.54, 1.807) is 0 Å². The summed E-state index contributed by atoms with van der Waals surface area (Å²) in [7, 11) is 0. The van der Waals surface area contributed by atoms with Gasteiger partial charge in [0.15, 0.2) is 0 Å². The predicted molar refractivity (Wildman–Crippen MR) is 144 cm³/mol. The molecule has 0 saturated heterocycles. The Morgan fingerprint density at radius 1 is 0.312 bits per heavy atom. The summed E-state index contributed by atoms with van der Waals surface area (Å²) in [6, 6.07) is 0. The average molecular weight is 455 g/mol. The van der Waals surface area contributed by atoms with Crippen LogP contribution in [-0.4, -0.2) is 11.9 Å². The molecule has 0 aromatic rings. The zero-order valence-electron chi connectivity index (χ0n) is 22.4. The van der Waals surface area contributed by atoms with E-state index in [2.05, 4.69) is 11.8 Å². The van der Waals surface area contributed by atoms with Crippen molar-refractivity contribution >= 4 is 0 Å². The summed E-state index contributed by atoms with van der Waals surface area (Å²) < 4.78 is 0. The van der Waals surface area contributed by atoms with Gasteiger partial charge in [0.25, 0.3) is 0 Å². The molecule has 0 atom stereocenters. The average Bonchev–Trinajstić information content (AvgIpc) is 2.81. The third-order valence-electron chi connectivity index (χ3n) is 7.09. The minimum absolute atomic E-state index is 0.499. The van der Waals surface area contributed by atoms with Crippen molar-refractivity contribution in [3.05, 3.63) is 0 Å². The highest BCUT2D eigenvalue weighted by atomic mass is 17.1. The standard InChI is InChI=1S/C30H62O2/c1-2-3-4-5-6-7-8-9-10-11-12-13-14-15-16-17-18-19-20-21-22-23-24-25-26-27-28-29-30-32-31/h31H,2-30H2,1H3. The number of rotatable bonds is 29. The topological polar surface area (TPSA) is 29.5 Å². The smallest absolute Gasteiger partial charge is 0.0819 e. The minimum Gasteiger partial charge on any atom is -0.252 e. The van der Waals surface area contributed by atoms with Crippen molar-refractivity contribution in [2.45, 2.75) is 187 Å². The van der Waals surface area contributed by atoms with E-state index in [4.69, 9.17) is 5.26 Å². The first-order valence-corrected chi connectivity index (χ1v) is 15.2. The molecule has 0 aliphatic rings. The van der Waals surface area contributed by atoms with Gasteiger partial charge in [-0.1, -0.05) is 180 Å². The van der Waals surface area contributed by atoms with Gasteiger partial charge < -0.3 is 0 Å². The van der Waals surface area contributed by atoms with E-state index in [0.717, 1.165) is 6.42 Å². The van der Waals surface area contributed by atoms with E-state index in [9.17, 15) is 0 Å². The Morgan fingerprint density at radius 2 is 0.500 bits per heavy atom. The lowest BCUT2D eigenvalue weighted by Gasteiger charge is -2.04. The zero-order chi connectivity index (χ0) is 23.2. The molecule has 0 amide bonds. The van der Waals surface area contributed by atoms with Crippen LogP contribution >= 0.6 is 0 Å². The first-order chi connectivity index (χ1) is 15.9. The van der Waals surface area contributed by atoms with E-state index in [-0.39, 0.29) is 0 Å². The van der Waals surface area contributed by atoms with Gasteiger partial charge in [-0.25, -0.2) is 4.89 Å². The fourth-order valence-corrected chi connectivity index (χ4v) is 4.84. The molecule has 1 N–H and O–H groups in total. The molecule has 0 fully saturated rings. The molecule has 194 valence electrons. The van der Waals surface area contributed by atoms with Crippen LogP contribution in [0.15, 0.2) is 0 Å². The molecule has 0 rings (SSSR count). The molecule has 0 aliphatic heterocycles. The lowest BCUT2D eigenvalue weighted by molar-refractivity contribution is -0.242. The van der Waals surface area contributed by atoms with Crippen LogP contribution in [-0.2, 0) is 4.89 Å². The minimum atomic E-state index is 0.499. The van der Waals surface area contributed by atoms with Crippen LogP contribution in [0.1, 0.15) is 187 Å². The van der Waals surface area contributed by atoms with Crippen LogP contribution < -0.4 is 0 Å². The van der Waals surface area contributed by atoms with Crippen molar-refractivity contribution in [1.82, 2.24) is 0 Å². The third-order valence-corrected chi connectivity index (χ3v) is 7.09. The molecule has 0 aromatic heterocycles. The lowest BCUT2D eigenvalue weighted by atomic mass is 10.0. The molecule has 2 nitrogen and oxygen atoms in total. The highest BCUT2D eigenvalue weighted by Gasteiger charge is 1.96. The summed E-state index contributed by atoms with van der Waals surface area (Å²) in [6.45, 7) is 2.80. The van der Waals surface area contributed by atoms with Crippen molar-refractivity contribution in [1.29, 1.82) is 0 Å². The van der Waals surface area contributed by atoms with Gasteiger partial charge in [0.1, 0.15) is 0 Å². The van der Waals surface area contributed by atoms with Gasteiger partial charge in [0.2, 0.25) is 0 Å². The summed E-state index contributed by atoms with van der Waals surface area (Å²) in [5.74, 6) is 0. The first-order valence-electron chi connectivity index (χ1n) is 15.2. The second-order valence-electron chi connectivity index (χ2n) is 10.4. The molecule has 0 bridgehead atoms. The largest absolute Gasteiger partial charge is 0.252 e. The number of hydrogen-bond acceptors (Lipinski definition) is 2. The molecule has 0 saturated carbocycles. The SMILES string of the molecule is CCCCCCCCCCCCCCCCCCCCCCCCCCCCCCOO. The maximum absolute atomic E-state index is 8.26. The van der Waals surface area contributed by atoms with Crippen molar-refractivity contribution in [2.75, 3.05) is 6.61 Å². The van der Waals surface area contributed by atoms with Crippen LogP contribution in [0.25, 0.3) is 0 Å². The Morgan fingerprint density at radius 3 is 0.688 bits per heavy atom. The lowest BCUT2D eigenvalue weighted by Crippen LogP contribution is -1.88. The summed E-state index contributed by atoms with van der Waals surface area (Å²) in [6.07, 6.45) is 39.8. The monoisotopic (exact) mass is 454 g/mol.